The van der Waals surface area contributed by atoms with Gasteiger partial charge >= 0.3 is 0 Å². The van der Waals surface area contributed by atoms with Crippen molar-refractivity contribution in [2.45, 2.75) is 39.3 Å². The molecule has 1 aliphatic heterocycles. The number of nitrogens with zero attached hydrogens (tertiary/aromatic N) is 2. The van der Waals surface area contributed by atoms with Gasteiger partial charge in [-0.3, -0.25) is 14.5 Å². The van der Waals surface area contributed by atoms with Crippen LogP contribution in [0.5, 0.6) is 0 Å². The van der Waals surface area contributed by atoms with Crippen LogP contribution in [0.4, 0.5) is 0 Å². The van der Waals surface area contributed by atoms with Crippen LogP contribution in [0.15, 0.2) is 0 Å². The molecule has 0 radical (unpaired) electrons. The second-order valence-electron chi connectivity index (χ2n) is 5.46. The minimum atomic E-state index is -0.252. The monoisotopic (exact) mass is 241 g/mol. The van der Waals surface area contributed by atoms with Crippen molar-refractivity contribution in [1.29, 1.82) is 0 Å². The van der Waals surface area contributed by atoms with Gasteiger partial charge in [-0.05, 0) is 20.8 Å². The van der Waals surface area contributed by atoms with Crippen LogP contribution in [0.25, 0.3) is 0 Å². The zero-order valence-corrected chi connectivity index (χ0v) is 11.4. The molecule has 0 spiro atoms. The van der Waals surface area contributed by atoms with E-state index >= 15 is 0 Å². The Hall–Kier alpha value is -1.10. The van der Waals surface area contributed by atoms with E-state index in [2.05, 4.69) is 31.0 Å². The molecule has 2 amide bonds. The number of hydrogen-bond donors (Lipinski definition) is 1. The lowest BCUT2D eigenvalue weighted by atomic mass is 9.99. The van der Waals surface area contributed by atoms with Gasteiger partial charge in [0.1, 0.15) is 6.04 Å². The van der Waals surface area contributed by atoms with Crippen LogP contribution in [0.2, 0.25) is 0 Å². The second-order valence-corrected chi connectivity index (χ2v) is 5.46. The quantitative estimate of drug-likeness (QED) is 0.706. The van der Waals surface area contributed by atoms with Crippen molar-refractivity contribution in [2.24, 2.45) is 0 Å². The van der Waals surface area contributed by atoms with Gasteiger partial charge in [0.2, 0.25) is 11.8 Å². The molecule has 0 saturated carbocycles. The van der Waals surface area contributed by atoms with E-state index < -0.39 is 0 Å². The van der Waals surface area contributed by atoms with Gasteiger partial charge in [-0.15, -0.1) is 0 Å². The molecule has 5 nitrogen and oxygen atoms in total. The molecule has 98 valence electrons. The molecule has 0 aliphatic carbocycles. The molecule has 1 N–H and O–H groups in total. The molecule has 1 atom stereocenters. The van der Waals surface area contributed by atoms with Crippen LogP contribution in [-0.2, 0) is 9.59 Å². The average Bonchev–Trinajstić information content (AvgIpc) is 2.25. The standard InChI is InChI=1S/C12H23N3O2/c1-9(16)14-6-7-15(12(2,3)4)10(8-14)11(17)13-5/h10H,6-8H2,1-5H3,(H,13,17). The van der Waals surface area contributed by atoms with Crippen LogP contribution in [0.1, 0.15) is 27.7 Å². The van der Waals surface area contributed by atoms with Crippen molar-refractivity contribution in [1.82, 2.24) is 15.1 Å². The topological polar surface area (TPSA) is 52.7 Å². The molecule has 1 heterocycles. The molecule has 0 aromatic heterocycles. The lowest BCUT2D eigenvalue weighted by molar-refractivity contribution is -0.139. The minimum absolute atomic E-state index is 0.0223. The fraction of sp³-hybridized carbons (Fsp3) is 0.833. The van der Waals surface area contributed by atoms with Gasteiger partial charge in [-0.2, -0.15) is 0 Å². The van der Waals surface area contributed by atoms with Gasteiger partial charge in [0.05, 0.1) is 0 Å². The maximum atomic E-state index is 11.9. The van der Waals surface area contributed by atoms with E-state index in [1.807, 2.05) is 0 Å². The van der Waals surface area contributed by atoms with Gasteiger partial charge in [-0.1, -0.05) is 0 Å². The lowest BCUT2D eigenvalue weighted by Crippen LogP contribution is -2.64. The van der Waals surface area contributed by atoms with Crippen LogP contribution in [0.3, 0.4) is 0 Å². The summed E-state index contributed by atoms with van der Waals surface area (Å²) >= 11 is 0. The number of carbonyl (C=O) groups is 2. The first-order chi connectivity index (χ1) is 7.77. The minimum Gasteiger partial charge on any atom is -0.358 e. The van der Waals surface area contributed by atoms with Gasteiger partial charge in [0, 0.05) is 39.1 Å². The summed E-state index contributed by atoms with van der Waals surface area (Å²) in [5.74, 6) is 0.0123. The average molecular weight is 241 g/mol. The fourth-order valence-corrected chi connectivity index (χ4v) is 2.26. The second kappa shape index (κ2) is 5.04. The van der Waals surface area contributed by atoms with Crippen molar-refractivity contribution in [3.8, 4) is 0 Å². The Morgan fingerprint density at radius 2 is 1.82 bits per heavy atom. The molecule has 5 heteroatoms. The number of amides is 2. The summed E-state index contributed by atoms with van der Waals surface area (Å²) in [5, 5.41) is 2.68. The molecule has 1 saturated heterocycles. The Kier molecular flexibility index (Phi) is 4.14. The zero-order chi connectivity index (χ0) is 13.2. The number of carbonyl (C=O) groups excluding carboxylic acids is 2. The highest BCUT2D eigenvalue weighted by molar-refractivity contribution is 5.83. The number of rotatable bonds is 1. The summed E-state index contributed by atoms with van der Waals surface area (Å²) in [6, 6.07) is -0.252. The van der Waals surface area contributed by atoms with Crippen LogP contribution in [-0.4, -0.2) is 59.9 Å². The SMILES string of the molecule is CNC(=O)C1CN(C(C)=O)CCN1C(C)(C)C. The zero-order valence-electron chi connectivity index (χ0n) is 11.4. The van der Waals surface area contributed by atoms with Gasteiger partial charge in [-0.25, -0.2) is 0 Å². The van der Waals surface area contributed by atoms with Crippen molar-refractivity contribution in [3.63, 3.8) is 0 Å². The predicted molar refractivity (Wildman–Crippen MR) is 66.6 cm³/mol. The van der Waals surface area contributed by atoms with Gasteiger partial charge < -0.3 is 10.2 Å². The number of hydrogen-bond acceptors (Lipinski definition) is 3. The predicted octanol–water partition coefficient (Wildman–Crippen LogP) is 0.0636. The van der Waals surface area contributed by atoms with E-state index in [9.17, 15) is 9.59 Å². The normalized spacial score (nSPS) is 22.4. The lowest BCUT2D eigenvalue weighted by Gasteiger charge is -2.46. The largest absolute Gasteiger partial charge is 0.358 e. The van der Waals surface area contributed by atoms with Crippen molar-refractivity contribution >= 4 is 11.8 Å². The Labute approximate surface area is 103 Å². The van der Waals surface area contributed by atoms with Crippen LogP contribution >= 0.6 is 0 Å². The van der Waals surface area contributed by atoms with E-state index in [0.29, 0.717) is 13.1 Å². The summed E-state index contributed by atoms with van der Waals surface area (Å²) in [4.78, 5) is 27.2. The van der Waals surface area contributed by atoms with Crippen molar-refractivity contribution in [3.05, 3.63) is 0 Å². The Morgan fingerprint density at radius 3 is 2.24 bits per heavy atom. The van der Waals surface area contributed by atoms with Gasteiger partial charge in [0.25, 0.3) is 0 Å². The summed E-state index contributed by atoms with van der Waals surface area (Å²) in [7, 11) is 1.63. The highest BCUT2D eigenvalue weighted by atomic mass is 16.2. The first-order valence-corrected chi connectivity index (χ1v) is 6.01. The van der Waals surface area contributed by atoms with Gasteiger partial charge in [0.15, 0.2) is 0 Å². The van der Waals surface area contributed by atoms with E-state index in [0.717, 1.165) is 6.54 Å². The Bertz CT molecular complexity index is 309. The molecule has 0 bridgehead atoms. The molecule has 1 unspecified atom stereocenters. The van der Waals surface area contributed by atoms with Crippen LogP contribution in [0, 0.1) is 0 Å². The molecule has 1 rings (SSSR count). The smallest absolute Gasteiger partial charge is 0.238 e. The van der Waals surface area contributed by atoms with E-state index in [1.54, 1.807) is 18.9 Å². The first kappa shape index (κ1) is 14.0. The summed E-state index contributed by atoms with van der Waals surface area (Å²) in [6.07, 6.45) is 0. The summed E-state index contributed by atoms with van der Waals surface area (Å²) in [5.41, 5.74) is -0.0694. The number of piperazine rings is 1. The Morgan fingerprint density at radius 1 is 1.24 bits per heavy atom. The maximum Gasteiger partial charge on any atom is 0.238 e. The Balaban J connectivity index is 2.87. The van der Waals surface area contributed by atoms with E-state index in [-0.39, 0.29) is 23.4 Å². The molecular formula is C12H23N3O2. The molecular weight excluding hydrogens is 218 g/mol. The van der Waals surface area contributed by atoms with E-state index in [4.69, 9.17) is 0 Å². The molecule has 0 aromatic carbocycles. The molecule has 1 aliphatic rings. The summed E-state index contributed by atoms with van der Waals surface area (Å²) in [6.45, 7) is 9.73. The molecule has 0 aromatic rings. The first-order valence-electron chi connectivity index (χ1n) is 6.01. The highest BCUT2D eigenvalue weighted by Crippen LogP contribution is 2.21. The third-order valence-corrected chi connectivity index (χ3v) is 3.24. The number of likely N-dealkylation sites (N-methyl/N-ethyl adjacent to an activating group) is 1. The van der Waals surface area contributed by atoms with Crippen molar-refractivity contribution in [2.75, 3.05) is 26.7 Å². The number of nitrogens with one attached hydrogen (secondary N) is 1. The van der Waals surface area contributed by atoms with E-state index in [1.165, 1.54) is 0 Å². The highest BCUT2D eigenvalue weighted by Gasteiger charge is 2.38. The molecule has 17 heavy (non-hydrogen) atoms. The van der Waals surface area contributed by atoms with Crippen LogP contribution < -0.4 is 5.32 Å². The van der Waals surface area contributed by atoms with Crippen molar-refractivity contribution < 1.29 is 9.59 Å². The summed E-state index contributed by atoms with van der Waals surface area (Å²) < 4.78 is 0. The maximum absolute atomic E-state index is 11.9. The third-order valence-electron chi connectivity index (χ3n) is 3.24. The molecule has 1 fully saturated rings. The third kappa shape index (κ3) is 3.19. The fourth-order valence-electron chi connectivity index (χ4n) is 2.26.